The number of para-hydroxylation sites is 1. The summed E-state index contributed by atoms with van der Waals surface area (Å²) in [5.74, 6) is -0.706. The molecule has 0 aromatic heterocycles. The van der Waals surface area contributed by atoms with E-state index in [2.05, 4.69) is 17.0 Å². The van der Waals surface area contributed by atoms with Gasteiger partial charge in [0.1, 0.15) is 5.75 Å². The monoisotopic (exact) mass is 522 g/mol. The first kappa shape index (κ1) is 25.1. The molecule has 1 aliphatic carbocycles. The van der Waals surface area contributed by atoms with Crippen LogP contribution in [0.4, 0.5) is 5.69 Å². The lowest BCUT2D eigenvalue weighted by Gasteiger charge is -2.33. The molecule has 2 saturated heterocycles. The molecule has 198 valence electrons. The largest absolute Gasteiger partial charge is 0.497 e. The molecule has 39 heavy (non-hydrogen) atoms. The molecule has 0 spiro atoms. The highest BCUT2D eigenvalue weighted by atomic mass is 16.5. The van der Waals surface area contributed by atoms with Gasteiger partial charge < -0.3 is 9.47 Å². The van der Waals surface area contributed by atoms with E-state index in [9.17, 15) is 14.4 Å². The van der Waals surface area contributed by atoms with E-state index < -0.39 is 5.92 Å². The molecule has 6 rings (SSSR count). The second-order valence-electron chi connectivity index (χ2n) is 10.4. The van der Waals surface area contributed by atoms with Gasteiger partial charge in [0.05, 0.1) is 37.3 Å². The van der Waals surface area contributed by atoms with Gasteiger partial charge in [-0.3, -0.25) is 14.5 Å². The molecule has 3 aromatic rings. The first-order valence-corrected chi connectivity index (χ1v) is 13.1. The van der Waals surface area contributed by atoms with Crippen LogP contribution in [0.25, 0.3) is 5.57 Å². The molecule has 2 amide bonds. The van der Waals surface area contributed by atoms with Crippen LogP contribution in [0.5, 0.6) is 5.75 Å². The smallest absolute Gasteiger partial charge is 0.337 e. The van der Waals surface area contributed by atoms with E-state index in [1.54, 1.807) is 19.2 Å². The average Bonchev–Trinajstić information content (AvgIpc) is 3.44. The molecule has 2 fully saturated rings. The number of rotatable bonds is 5. The van der Waals surface area contributed by atoms with Gasteiger partial charge in [-0.1, -0.05) is 36.4 Å². The minimum absolute atomic E-state index is 0.129. The van der Waals surface area contributed by atoms with Crippen molar-refractivity contribution in [2.75, 3.05) is 32.7 Å². The van der Waals surface area contributed by atoms with Gasteiger partial charge >= 0.3 is 5.97 Å². The summed E-state index contributed by atoms with van der Waals surface area (Å²) in [6.07, 6.45) is 1.55. The number of imide groups is 1. The first-order valence-electron chi connectivity index (χ1n) is 13.1. The van der Waals surface area contributed by atoms with Gasteiger partial charge in [0, 0.05) is 12.6 Å². The van der Waals surface area contributed by atoms with Crippen molar-refractivity contribution in [3.8, 4) is 5.75 Å². The maximum Gasteiger partial charge on any atom is 0.337 e. The van der Waals surface area contributed by atoms with Crippen molar-refractivity contribution in [1.29, 1.82) is 0 Å². The van der Waals surface area contributed by atoms with Gasteiger partial charge in [-0.05, 0) is 84.1 Å². The summed E-state index contributed by atoms with van der Waals surface area (Å²) in [4.78, 5) is 43.1. The number of aryl methyl sites for hydroxylation is 1. The molecular formula is C32H30N2O5. The van der Waals surface area contributed by atoms with E-state index in [1.165, 1.54) is 17.6 Å². The standard InChI is InChI=1S/C32H30N2O5/c1-33-18-26-28(31(36)34(30(26)35)22-7-5-4-6-8-22)29(33)25-15-13-21-17-23(38-2)14-16-24(21)27(25)19-9-11-20(12-10-19)32(37)39-3/h4-12,14,16-17,26,28-29H,13,15,18H2,1-3H3/t26-,28-,29-/m1/s1. The fourth-order valence-electron chi connectivity index (χ4n) is 6.55. The molecule has 2 aliphatic heterocycles. The van der Waals surface area contributed by atoms with Gasteiger partial charge in [0.25, 0.3) is 0 Å². The number of hydrogen-bond acceptors (Lipinski definition) is 6. The second-order valence-corrected chi connectivity index (χ2v) is 10.4. The fourth-order valence-corrected chi connectivity index (χ4v) is 6.55. The van der Waals surface area contributed by atoms with Gasteiger partial charge in [-0.25, -0.2) is 9.69 Å². The molecule has 0 unspecified atom stereocenters. The van der Waals surface area contributed by atoms with Crippen LogP contribution in [0, 0.1) is 11.8 Å². The number of esters is 1. The third-order valence-corrected chi connectivity index (χ3v) is 8.31. The number of methoxy groups -OCH3 is 2. The zero-order valence-corrected chi connectivity index (χ0v) is 22.2. The Bertz CT molecular complexity index is 1490. The van der Waals surface area contributed by atoms with Crippen molar-refractivity contribution in [2.45, 2.75) is 18.9 Å². The number of anilines is 1. The highest BCUT2D eigenvalue weighted by Crippen LogP contribution is 2.47. The Hall–Kier alpha value is -4.23. The van der Waals surface area contributed by atoms with Crippen molar-refractivity contribution >= 4 is 29.0 Å². The minimum atomic E-state index is -0.457. The third-order valence-electron chi connectivity index (χ3n) is 8.31. The lowest BCUT2D eigenvalue weighted by molar-refractivity contribution is -0.123. The summed E-state index contributed by atoms with van der Waals surface area (Å²) >= 11 is 0. The number of amides is 2. The molecule has 0 radical (unpaired) electrons. The van der Waals surface area contributed by atoms with Crippen molar-refractivity contribution in [3.05, 3.63) is 101 Å². The van der Waals surface area contributed by atoms with Gasteiger partial charge in [-0.15, -0.1) is 0 Å². The van der Waals surface area contributed by atoms with E-state index in [4.69, 9.17) is 9.47 Å². The lowest BCUT2D eigenvalue weighted by atomic mass is 9.76. The summed E-state index contributed by atoms with van der Waals surface area (Å²) in [6.45, 7) is 0.525. The number of ether oxygens (including phenoxy) is 2. The number of nitrogens with zero attached hydrogens (tertiary/aromatic N) is 2. The Balaban J connectivity index is 1.49. The summed E-state index contributed by atoms with van der Waals surface area (Å²) in [5, 5.41) is 0. The molecule has 7 heteroatoms. The summed E-state index contributed by atoms with van der Waals surface area (Å²) in [5.41, 5.74) is 6.49. The number of hydrogen-bond donors (Lipinski definition) is 0. The van der Waals surface area contributed by atoms with Gasteiger partial charge in [0.15, 0.2) is 0 Å². The Morgan fingerprint density at radius 3 is 2.33 bits per heavy atom. The molecule has 0 saturated carbocycles. The Morgan fingerprint density at radius 2 is 1.64 bits per heavy atom. The predicted octanol–water partition coefficient (Wildman–Crippen LogP) is 4.35. The Labute approximate surface area is 227 Å². The van der Waals surface area contributed by atoms with Crippen molar-refractivity contribution in [3.63, 3.8) is 0 Å². The van der Waals surface area contributed by atoms with Gasteiger partial charge in [-0.2, -0.15) is 0 Å². The fraction of sp³-hybridized carbons (Fsp3) is 0.281. The van der Waals surface area contributed by atoms with Crippen LogP contribution in [0.15, 0.2) is 78.4 Å². The number of carbonyl (C=O) groups is 3. The summed E-state index contributed by atoms with van der Waals surface area (Å²) in [6, 6.07) is 22.5. The van der Waals surface area contributed by atoms with Gasteiger partial charge in [0.2, 0.25) is 11.8 Å². The number of benzene rings is 3. The van der Waals surface area contributed by atoms with Crippen molar-refractivity contribution in [2.24, 2.45) is 11.8 Å². The number of likely N-dealkylation sites (tertiary alicyclic amines) is 1. The Morgan fingerprint density at radius 1 is 0.897 bits per heavy atom. The molecule has 7 nitrogen and oxygen atoms in total. The molecule has 2 heterocycles. The third kappa shape index (κ3) is 4.05. The van der Waals surface area contributed by atoms with Crippen LogP contribution in [-0.2, 0) is 20.7 Å². The van der Waals surface area contributed by atoms with E-state index in [1.807, 2.05) is 55.6 Å². The molecular weight excluding hydrogens is 492 g/mol. The van der Waals surface area contributed by atoms with Crippen molar-refractivity contribution in [1.82, 2.24) is 4.90 Å². The molecule has 3 atom stereocenters. The normalized spacial score (nSPS) is 22.6. The van der Waals surface area contributed by atoms with E-state index >= 15 is 0 Å². The molecule has 0 N–H and O–H groups in total. The van der Waals surface area contributed by atoms with E-state index in [0.717, 1.165) is 40.9 Å². The van der Waals surface area contributed by atoms with Crippen molar-refractivity contribution < 1.29 is 23.9 Å². The molecule has 3 aromatic carbocycles. The van der Waals surface area contributed by atoms with E-state index in [0.29, 0.717) is 17.8 Å². The summed E-state index contributed by atoms with van der Waals surface area (Å²) in [7, 11) is 5.03. The van der Waals surface area contributed by atoms with Crippen LogP contribution in [0.3, 0.4) is 0 Å². The molecule has 3 aliphatic rings. The zero-order chi connectivity index (χ0) is 27.3. The highest BCUT2D eigenvalue weighted by Gasteiger charge is 2.58. The minimum Gasteiger partial charge on any atom is -0.497 e. The number of fused-ring (bicyclic) bond motifs is 2. The lowest BCUT2D eigenvalue weighted by Crippen LogP contribution is -2.41. The highest BCUT2D eigenvalue weighted by molar-refractivity contribution is 6.22. The first-order chi connectivity index (χ1) is 18.9. The quantitative estimate of drug-likeness (QED) is 0.366. The predicted molar refractivity (Wildman–Crippen MR) is 147 cm³/mol. The van der Waals surface area contributed by atoms with Crippen LogP contribution in [0.1, 0.15) is 33.5 Å². The topological polar surface area (TPSA) is 76.2 Å². The molecule has 0 bridgehead atoms. The van der Waals surface area contributed by atoms with Crippen LogP contribution >= 0.6 is 0 Å². The Kier molecular flexibility index (Phi) is 6.31. The van der Waals surface area contributed by atoms with E-state index in [-0.39, 0.29) is 29.7 Å². The second kappa shape index (κ2) is 9.82. The van der Waals surface area contributed by atoms with Crippen LogP contribution in [0.2, 0.25) is 0 Å². The van der Waals surface area contributed by atoms with Crippen LogP contribution in [-0.4, -0.2) is 56.5 Å². The van der Waals surface area contributed by atoms with Crippen LogP contribution < -0.4 is 9.64 Å². The number of likely N-dealkylation sites (N-methyl/N-ethyl adjacent to an activating group) is 1. The average molecular weight is 523 g/mol. The number of carbonyl (C=O) groups excluding carboxylic acids is 3. The maximum atomic E-state index is 13.9. The zero-order valence-electron chi connectivity index (χ0n) is 22.2. The SMILES string of the molecule is COC(=O)c1ccc(C2=C([C@@H]3[C@@H]4C(=O)N(c5ccccc5)C(=O)[C@@H]4CN3C)CCc3cc(OC)ccc32)cc1. The maximum absolute atomic E-state index is 13.9. The summed E-state index contributed by atoms with van der Waals surface area (Å²) < 4.78 is 10.4.